The summed E-state index contributed by atoms with van der Waals surface area (Å²) in [5.41, 5.74) is 2.45. The summed E-state index contributed by atoms with van der Waals surface area (Å²) in [6, 6.07) is 9.77. The first-order valence-electron chi connectivity index (χ1n) is 11.3. The molecule has 9 nitrogen and oxygen atoms in total. The van der Waals surface area contributed by atoms with E-state index in [4.69, 9.17) is 8.60 Å². The lowest BCUT2D eigenvalue weighted by atomic mass is 10.1. The average Bonchev–Trinajstić information content (AvgIpc) is 3.59. The minimum absolute atomic E-state index is 0.0692. The molecule has 0 atom stereocenters. The largest absolute Gasteiger partial charge is 0.432 e. The number of aromatic nitrogens is 4. The lowest BCUT2D eigenvalue weighted by Gasteiger charge is -2.06. The Kier molecular flexibility index (Phi) is 6.05. The Bertz CT molecular complexity index is 1640. The van der Waals surface area contributed by atoms with E-state index in [9.17, 15) is 17.6 Å². The molecule has 0 unspecified atom stereocenters. The van der Waals surface area contributed by atoms with Crippen molar-refractivity contribution in [3.05, 3.63) is 81.4 Å². The Morgan fingerprint density at radius 1 is 1.08 bits per heavy atom. The number of halogens is 1. The fourth-order valence-electron chi connectivity index (χ4n) is 3.69. The lowest BCUT2D eigenvalue weighted by molar-refractivity contribution is 0.306. The standard InChI is InChI=1S/C25H23FN4O5S/c1-14-4-6-17(12-18(14)26)22-23(30-11-10-19(16-7-8-16)28-25(30)31)29-24(35-22)20-9-5-15(2)21(27-20)13-34-36(3,32)33/h4-6,9-12,16H,7-8,13H2,1-3H3. The minimum Gasteiger partial charge on any atom is -0.432 e. The van der Waals surface area contributed by atoms with Gasteiger partial charge in [0.25, 0.3) is 10.1 Å². The van der Waals surface area contributed by atoms with Crippen molar-refractivity contribution >= 4 is 10.1 Å². The predicted octanol–water partition coefficient (Wildman–Crippen LogP) is 4.06. The van der Waals surface area contributed by atoms with Crippen LogP contribution in [0.15, 0.2) is 51.8 Å². The molecule has 1 aromatic carbocycles. The van der Waals surface area contributed by atoms with Crippen LogP contribution in [0.25, 0.3) is 28.7 Å². The van der Waals surface area contributed by atoms with Crippen molar-refractivity contribution in [1.82, 2.24) is 19.5 Å². The normalized spacial score (nSPS) is 13.8. The maximum Gasteiger partial charge on any atom is 0.353 e. The van der Waals surface area contributed by atoms with E-state index in [1.807, 2.05) is 0 Å². The second-order valence-corrected chi connectivity index (χ2v) is 10.5. The van der Waals surface area contributed by atoms with Gasteiger partial charge in [0.15, 0.2) is 11.6 Å². The number of rotatable bonds is 7. The zero-order chi connectivity index (χ0) is 25.6. The van der Waals surface area contributed by atoms with Crippen LogP contribution in [0, 0.1) is 19.7 Å². The number of nitrogens with zero attached hydrogens (tertiary/aromatic N) is 4. The monoisotopic (exact) mass is 510 g/mol. The SMILES string of the molecule is Cc1ccc(-c2oc(-c3ccc(C)c(COS(C)(=O)=O)n3)nc2-n2ccc(C3CC3)nc2=O)cc1F. The van der Waals surface area contributed by atoms with Gasteiger partial charge in [-0.25, -0.2) is 18.7 Å². The summed E-state index contributed by atoms with van der Waals surface area (Å²) in [6.45, 7) is 3.16. The molecule has 1 aliphatic rings. The van der Waals surface area contributed by atoms with Gasteiger partial charge < -0.3 is 4.42 Å². The molecule has 11 heteroatoms. The Morgan fingerprint density at radius 3 is 2.50 bits per heavy atom. The van der Waals surface area contributed by atoms with Crippen molar-refractivity contribution < 1.29 is 21.4 Å². The molecule has 0 spiro atoms. The molecule has 4 aromatic rings. The van der Waals surface area contributed by atoms with Crippen molar-refractivity contribution in [2.24, 2.45) is 0 Å². The number of benzene rings is 1. The van der Waals surface area contributed by atoms with E-state index in [2.05, 4.69) is 15.0 Å². The van der Waals surface area contributed by atoms with Crippen LogP contribution < -0.4 is 5.69 Å². The second-order valence-electron chi connectivity index (χ2n) is 8.84. The minimum atomic E-state index is -3.67. The van der Waals surface area contributed by atoms with E-state index in [0.29, 0.717) is 34.0 Å². The van der Waals surface area contributed by atoms with Gasteiger partial charge in [0.1, 0.15) is 18.1 Å². The highest BCUT2D eigenvalue weighted by Gasteiger charge is 2.27. The number of oxazole rings is 1. The van der Waals surface area contributed by atoms with E-state index in [1.54, 1.807) is 50.4 Å². The van der Waals surface area contributed by atoms with Gasteiger partial charge in [0.05, 0.1) is 17.6 Å². The van der Waals surface area contributed by atoms with Gasteiger partial charge in [-0.15, -0.1) is 0 Å². The third-order valence-electron chi connectivity index (χ3n) is 5.92. The van der Waals surface area contributed by atoms with Crippen LogP contribution >= 0.6 is 0 Å². The van der Waals surface area contributed by atoms with E-state index in [1.165, 1.54) is 10.6 Å². The highest BCUT2D eigenvalue weighted by molar-refractivity contribution is 7.85. The quantitative estimate of drug-likeness (QED) is 0.342. The molecule has 1 saturated carbocycles. The molecule has 1 fully saturated rings. The Hall–Kier alpha value is -3.70. The van der Waals surface area contributed by atoms with Crippen molar-refractivity contribution in [3.63, 3.8) is 0 Å². The molecule has 0 bridgehead atoms. The Labute approximate surface area is 206 Å². The van der Waals surface area contributed by atoms with Crippen LogP contribution in [0.4, 0.5) is 4.39 Å². The summed E-state index contributed by atoms with van der Waals surface area (Å²) in [5, 5.41) is 0. The summed E-state index contributed by atoms with van der Waals surface area (Å²) in [5.74, 6) is 0.252. The van der Waals surface area contributed by atoms with Crippen LogP contribution in [0.2, 0.25) is 0 Å². The molecular weight excluding hydrogens is 487 g/mol. The molecule has 186 valence electrons. The summed E-state index contributed by atoms with van der Waals surface area (Å²) in [6.07, 6.45) is 4.55. The number of hydrogen-bond acceptors (Lipinski definition) is 8. The van der Waals surface area contributed by atoms with Crippen LogP contribution in [-0.2, 0) is 20.9 Å². The van der Waals surface area contributed by atoms with Crippen molar-refractivity contribution in [2.45, 2.75) is 39.2 Å². The molecule has 0 N–H and O–H groups in total. The molecule has 0 saturated heterocycles. The third kappa shape index (κ3) is 4.98. The molecule has 36 heavy (non-hydrogen) atoms. The molecular formula is C25H23FN4O5S. The van der Waals surface area contributed by atoms with Gasteiger partial charge in [-0.1, -0.05) is 18.2 Å². The van der Waals surface area contributed by atoms with Gasteiger partial charge in [-0.05, 0) is 56.0 Å². The summed E-state index contributed by atoms with van der Waals surface area (Å²) < 4.78 is 49.5. The van der Waals surface area contributed by atoms with E-state index in [0.717, 1.165) is 24.8 Å². The molecule has 1 aliphatic carbocycles. The maximum absolute atomic E-state index is 14.4. The van der Waals surface area contributed by atoms with Crippen molar-refractivity contribution in [2.75, 3.05) is 6.26 Å². The first kappa shape index (κ1) is 24.0. The maximum atomic E-state index is 14.4. The highest BCUT2D eigenvalue weighted by atomic mass is 32.2. The first-order valence-corrected chi connectivity index (χ1v) is 13.1. The molecule has 0 amide bonds. The zero-order valence-electron chi connectivity index (χ0n) is 19.9. The second kappa shape index (κ2) is 9.07. The van der Waals surface area contributed by atoms with Crippen molar-refractivity contribution in [3.8, 4) is 28.7 Å². The van der Waals surface area contributed by atoms with Gasteiger partial charge >= 0.3 is 5.69 Å². The third-order valence-corrected chi connectivity index (χ3v) is 6.47. The van der Waals surface area contributed by atoms with Gasteiger partial charge in [-0.3, -0.25) is 4.18 Å². The van der Waals surface area contributed by atoms with E-state index >= 15 is 0 Å². The lowest BCUT2D eigenvalue weighted by Crippen LogP contribution is -2.22. The molecule has 5 rings (SSSR count). The van der Waals surface area contributed by atoms with Crippen molar-refractivity contribution in [1.29, 1.82) is 0 Å². The van der Waals surface area contributed by atoms with Crippen LogP contribution in [0.3, 0.4) is 0 Å². The first-order chi connectivity index (χ1) is 17.1. The molecule has 0 aliphatic heterocycles. The Balaban J connectivity index is 1.63. The highest BCUT2D eigenvalue weighted by Crippen LogP contribution is 2.38. The summed E-state index contributed by atoms with van der Waals surface area (Å²) in [7, 11) is -3.67. The topological polar surface area (TPSA) is 117 Å². The van der Waals surface area contributed by atoms with Gasteiger partial charge in [0, 0.05) is 17.7 Å². The van der Waals surface area contributed by atoms with E-state index < -0.39 is 21.6 Å². The number of aryl methyl sites for hydroxylation is 2. The predicted molar refractivity (Wildman–Crippen MR) is 130 cm³/mol. The summed E-state index contributed by atoms with van der Waals surface area (Å²) in [4.78, 5) is 26.1. The van der Waals surface area contributed by atoms with Gasteiger partial charge in [0.2, 0.25) is 5.89 Å². The van der Waals surface area contributed by atoms with Crippen LogP contribution in [-0.4, -0.2) is 34.2 Å². The molecule has 3 heterocycles. The summed E-state index contributed by atoms with van der Waals surface area (Å²) >= 11 is 0. The fourth-order valence-corrected chi connectivity index (χ4v) is 4.02. The van der Waals surface area contributed by atoms with E-state index in [-0.39, 0.29) is 24.1 Å². The molecule has 0 radical (unpaired) electrons. The number of hydrogen-bond donors (Lipinski definition) is 0. The average molecular weight is 511 g/mol. The number of pyridine rings is 1. The Morgan fingerprint density at radius 2 is 1.83 bits per heavy atom. The van der Waals surface area contributed by atoms with Crippen LogP contribution in [0.1, 0.15) is 41.3 Å². The van der Waals surface area contributed by atoms with Gasteiger partial charge in [-0.2, -0.15) is 18.4 Å². The zero-order valence-corrected chi connectivity index (χ0v) is 20.7. The van der Waals surface area contributed by atoms with Crippen LogP contribution in [0.5, 0.6) is 0 Å². The molecule has 3 aromatic heterocycles. The fraction of sp³-hybridized carbons (Fsp3) is 0.280. The smallest absolute Gasteiger partial charge is 0.353 e.